The number of hydrogen-bond acceptors (Lipinski definition) is 4. The highest BCUT2D eigenvalue weighted by molar-refractivity contribution is 8.99. The molecule has 0 saturated carbocycles. The molecule has 0 amide bonds. The molecular formula is C21H45OPS3. The summed E-state index contributed by atoms with van der Waals surface area (Å²) >= 11 is 9.99. The molecule has 0 bridgehead atoms. The minimum Gasteiger partial charge on any atom is -0.334 e. The quantitative estimate of drug-likeness (QED) is 0.130. The number of rotatable bonds is 21. The van der Waals surface area contributed by atoms with Crippen molar-refractivity contribution in [2.75, 3.05) is 18.1 Å². The van der Waals surface area contributed by atoms with Crippen LogP contribution in [0.2, 0.25) is 0 Å². The van der Waals surface area contributed by atoms with E-state index in [2.05, 4.69) is 20.8 Å². The second-order valence-corrected chi connectivity index (χ2v) is 17.9. The summed E-state index contributed by atoms with van der Waals surface area (Å²) in [5, 5.41) is 0. The molecule has 0 aliphatic carbocycles. The first-order valence-corrected chi connectivity index (χ1v) is 17.1. The summed E-state index contributed by atoms with van der Waals surface area (Å²) in [6.45, 7) is 7.71. The summed E-state index contributed by atoms with van der Waals surface area (Å²) in [6, 6.07) is 0. The van der Waals surface area contributed by atoms with E-state index in [-0.39, 0.29) is 0 Å². The molecule has 0 aliphatic heterocycles. The zero-order chi connectivity index (χ0) is 19.3. The Morgan fingerprint density at radius 1 is 0.577 bits per heavy atom. The normalized spacial score (nSPS) is 12.0. The molecule has 5 heteroatoms. The van der Waals surface area contributed by atoms with Crippen molar-refractivity contribution in [1.82, 2.24) is 0 Å². The summed E-state index contributed by atoms with van der Waals surface area (Å²) in [6.07, 6.45) is 20.0. The van der Waals surface area contributed by atoms with Crippen LogP contribution < -0.4 is 0 Å². The molecule has 0 atom stereocenters. The lowest BCUT2D eigenvalue weighted by atomic mass is 10.2. The largest absolute Gasteiger partial charge is 0.334 e. The average molecular weight is 441 g/mol. The second-order valence-electron chi connectivity index (χ2n) is 7.19. The van der Waals surface area contributed by atoms with Gasteiger partial charge in [0.15, 0.2) is 4.67 Å². The van der Waals surface area contributed by atoms with E-state index in [4.69, 9.17) is 16.3 Å². The van der Waals surface area contributed by atoms with Crippen LogP contribution in [0.3, 0.4) is 0 Å². The van der Waals surface area contributed by atoms with Gasteiger partial charge in [-0.05, 0) is 31.1 Å². The molecule has 0 rings (SSSR count). The van der Waals surface area contributed by atoms with E-state index in [0.29, 0.717) is 0 Å². The van der Waals surface area contributed by atoms with Crippen LogP contribution in [0.5, 0.6) is 0 Å². The van der Waals surface area contributed by atoms with Crippen molar-refractivity contribution in [3.8, 4) is 0 Å². The Hall–Kier alpha value is 1.31. The lowest BCUT2D eigenvalue weighted by Crippen LogP contribution is -1.92. The van der Waals surface area contributed by atoms with E-state index in [1.165, 1.54) is 108 Å². The average Bonchev–Trinajstić information content (AvgIpc) is 2.64. The van der Waals surface area contributed by atoms with Gasteiger partial charge in [0.25, 0.3) is 0 Å². The van der Waals surface area contributed by atoms with Gasteiger partial charge < -0.3 is 4.52 Å². The number of unbranched alkanes of at least 4 members (excludes halogenated alkanes) is 12. The smallest absolute Gasteiger partial charge is 0.174 e. The van der Waals surface area contributed by atoms with Gasteiger partial charge in [-0.25, -0.2) is 0 Å². The van der Waals surface area contributed by atoms with Crippen LogP contribution in [0.25, 0.3) is 0 Å². The van der Waals surface area contributed by atoms with Gasteiger partial charge in [0.1, 0.15) is 0 Å². The van der Waals surface area contributed by atoms with Crippen molar-refractivity contribution in [2.24, 2.45) is 0 Å². The van der Waals surface area contributed by atoms with Gasteiger partial charge in [0, 0.05) is 11.5 Å². The van der Waals surface area contributed by atoms with E-state index in [0.717, 1.165) is 6.61 Å². The molecule has 1 nitrogen and oxygen atoms in total. The molecular weight excluding hydrogens is 395 g/mol. The first-order valence-electron chi connectivity index (χ1n) is 11.2. The Balaban J connectivity index is 4.04. The molecule has 0 saturated heterocycles. The van der Waals surface area contributed by atoms with Crippen LogP contribution >= 0.6 is 27.4 Å². The van der Waals surface area contributed by atoms with Crippen LogP contribution in [0.1, 0.15) is 117 Å². The van der Waals surface area contributed by atoms with E-state index in [1.807, 2.05) is 22.8 Å². The van der Waals surface area contributed by atoms with Gasteiger partial charge in [-0.15, -0.1) is 0 Å². The zero-order valence-corrected chi connectivity index (χ0v) is 21.2. The van der Waals surface area contributed by atoms with E-state index < -0.39 is 4.67 Å². The topological polar surface area (TPSA) is 9.23 Å². The van der Waals surface area contributed by atoms with E-state index in [9.17, 15) is 0 Å². The molecule has 0 spiro atoms. The zero-order valence-electron chi connectivity index (χ0n) is 17.8. The maximum atomic E-state index is 6.32. The summed E-state index contributed by atoms with van der Waals surface area (Å²) in [4.78, 5) is 0. The molecule has 0 heterocycles. The lowest BCUT2D eigenvalue weighted by Gasteiger charge is -2.21. The fourth-order valence-corrected chi connectivity index (χ4v) is 11.3. The first-order chi connectivity index (χ1) is 12.7. The Morgan fingerprint density at radius 3 is 1.38 bits per heavy atom. The highest BCUT2D eigenvalue weighted by Gasteiger charge is 2.19. The van der Waals surface area contributed by atoms with Crippen LogP contribution in [0.4, 0.5) is 0 Å². The molecule has 26 heavy (non-hydrogen) atoms. The Morgan fingerprint density at radius 2 is 0.962 bits per heavy atom. The second kappa shape index (κ2) is 21.0. The van der Waals surface area contributed by atoms with Gasteiger partial charge in [0.05, 0.1) is 6.61 Å². The molecule has 0 aliphatic rings. The third-order valence-corrected chi connectivity index (χ3v) is 14.3. The maximum absolute atomic E-state index is 6.32. The highest BCUT2D eigenvalue weighted by atomic mass is 33.2. The molecule has 0 aromatic rings. The van der Waals surface area contributed by atoms with Gasteiger partial charge >= 0.3 is 0 Å². The Labute approximate surface area is 178 Å². The van der Waals surface area contributed by atoms with Crippen molar-refractivity contribution in [3.63, 3.8) is 0 Å². The minimum atomic E-state index is -1.72. The predicted molar refractivity (Wildman–Crippen MR) is 131 cm³/mol. The predicted octanol–water partition coefficient (Wildman–Crippen LogP) is 9.61. The van der Waals surface area contributed by atoms with Crippen molar-refractivity contribution in [2.45, 2.75) is 117 Å². The Bertz CT molecular complexity index is 279. The third-order valence-electron chi connectivity index (χ3n) is 4.49. The number of hydrogen-bond donors (Lipinski definition) is 0. The van der Waals surface area contributed by atoms with E-state index >= 15 is 0 Å². The molecule has 0 fully saturated rings. The van der Waals surface area contributed by atoms with Crippen LogP contribution in [-0.2, 0) is 16.3 Å². The molecule has 0 aromatic heterocycles. The molecule has 0 aromatic carbocycles. The first kappa shape index (κ1) is 27.3. The van der Waals surface area contributed by atoms with Crippen LogP contribution in [0, 0.1) is 0 Å². The van der Waals surface area contributed by atoms with E-state index in [1.54, 1.807) is 0 Å². The molecule has 0 N–H and O–H groups in total. The summed E-state index contributed by atoms with van der Waals surface area (Å²) < 4.78 is 4.60. The van der Waals surface area contributed by atoms with Gasteiger partial charge in [-0.1, -0.05) is 121 Å². The van der Waals surface area contributed by atoms with Crippen molar-refractivity contribution >= 4 is 39.2 Å². The minimum absolute atomic E-state index is 0.882. The molecule has 0 unspecified atom stereocenters. The fourth-order valence-electron chi connectivity index (χ4n) is 2.76. The standard InChI is InChI=1S/C21H45OPS3/c1-4-7-10-13-16-19-22-23(24,25-20-17-14-11-8-5-2)26-21-18-15-12-9-6-3/h4-21H2,1-3H3. The SMILES string of the molecule is CCCCCCCOP(=S)(SCCCCCCC)SCCCCCCC. The van der Waals surface area contributed by atoms with Crippen LogP contribution in [0.15, 0.2) is 0 Å². The summed E-state index contributed by atoms with van der Waals surface area (Å²) in [7, 11) is 0. The van der Waals surface area contributed by atoms with Gasteiger partial charge in [-0.2, -0.15) is 0 Å². The monoisotopic (exact) mass is 440 g/mol. The van der Waals surface area contributed by atoms with Crippen molar-refractivity contribution < 1.29 is 4.52 Å². The van der Waals surface area contributed by atoms with Gasteiger partial charge in [-0.3, -0.25) is 0 Å². The maximum Gasteiger partial charge on any atom is 0.174 e. The van der Waals surface area contributed by atoms with Crippen molar-refractivity contribution in [3.05, 3.63) is 0 Å². The van der Waals surface area contributed by atoms with Gasteiger partial charge in [0.2, 0.25) is 0 Å². The lowest BCUT2D eigenvalue weighted by molar-refractivity contribution is 0.348. The molecule has 0 radical (unpaired) electrons. The molecule has 158 valence electrons. The highest BCUT2D eigenvalue weighted by Crippen LogP contribution is 2.70. The fraction of sp³-hybridized carbons (Fsp3) is 1.00. The van der Waals surface area contributed by atoms with Crippen LogP contribution in [-0.4, -0.2) is 18.1 Å². The third kappa shape index (κ3) is 18.7. The van der Waals surface area contributed by atoms with Crippen molar-refractivity contribution in [1.29, 1.82) is 0 Å². The summed E-state index contributed by atoms with van der Waals surface area (Å²) in [5.74, 6) is 2.39. The summed E-state index contributed by atoms with van der Waals surface area (Å²) in [5.41, 5.74) is 0. The Kier molecular flexibility index (Phi) is 22.1.